The topological polar surface area (TPSA) is 79.4 Å². The maximum absolute atomic E-state index is 12.5. The molecule has 26 heavy (non-hydrogen) atoms. The number of para-hydroxylation sites is 1. The summed E-state index contributed by atoms with van der Waals surface area (Å²) in [6.07, 6.45) is 1.41. The van der Waals surface area contributed by atoms with Crippen molar-refractivity contribution in [1.82, 2.24) is 14.9 Å². The van der Waals surface area contributed by atoms with Crippen molar-refractivity contribution < 1.29 is 9.53 Å². The van der Waals surface area contributed by atoms with Crippen LogP contribution in [0, 0.1) is 13.8 Å². The van der Waals surface area contributed by atoms with Crippen molar-refractivity contribution in [2.24, 2.45) is 0 Å². The quantitative estimate of drug-likeness (QED) is 0.826. The molecule has 7 nitrogen and oxygen atoms in total. The lowest BCUT2D eigenvalue weighted by Crippen LogP contribution is -2.39. The first-order valence-corrected chi connectivity index (χ1v) is 8.87. The Kier molecular flexibility index (Phi) is 6.14. The molecule has 0 atom stereocenters. The van der Waals surface area contributed by atoms with Crippen LogP contribution in [0.5, 0.6) is 0 Å². The van der Waals surface area contributed by atoms with Gasteiger partial charge in [-0.15, -0.1) is 0 Å². The third-order valence-corrected chi connectivity index (χ3v) is 4.46. The molecule has 0 spiro atoms. The summed E-state index contributed by atoms with van der Waals surface area (Å²) in [5.41, 5.74) is 3.22. The van der Waals surface area contributed by atoms with Crippen LogP contribution >= 0.6 is 0 Å². The molecule has 1 aromatic heterocycles. The van der Waals surface area contributed by atoms with Gasteiger partial charge in [-0.2, -0.15) is 0 Å². The van der Waals surface area contributed by atoms with E-state index >= 15 is 0 Å². The van der Waals surface area contributed by atoms with Crippen LogP contribution in [0.1, 0.15) is 21.6 Å². The zero-order valence-electron chi connectivity index (χ0n) is 15.3. The van der Waals surface area contributed by atoms with Gasteiger partial charge in [0.15, 0.2) is 0 Å². The number of ether oxygens (including phenoxy) is 1. The number of aromatic nitrogens is 2. The smallest absolute Gasteiger partial charge is 0.274 e. The Morgan fingerprint density at radius 1 is 1.19 bits per heavy atom. The molecule has 0 radical (unpaired) electrons. The summed E-state index contributed by atoms with van der Waals surface area (Å²) >= 11 is 0. The maximum atomic E-state index is 12.5. The number of anilines is 2. The zero-order valence-corrected chi connectivity index (χ0v) is 15.3. The molecule has 1 saturated heterocycles. The number of hydrogen-bond acceptors (Lipinski definition) is 6. The van der Waals surface area contributed by atoms with Gasteiger partial charge in [0, 0.05) is 37.9 Å². The number of morpholine rings is 1. The molecule has 0 aliphatic carbocycles. The van der Waals surface area contributed by atoms with E-state index in [1.165, 1.54) is 6.33 Å². The Morgan fingerprint density at radius 2 is 1.92 bits per heavy atom. The van der Waals surface area contributed by atoms with E-state index in [0.29, 0.717) is 11.5 Å². The van der Waals surface area contributed by atoms with E-state index in [1.54, 1.807) is 6.07 Å². The fourth-order valence-electron chi connectivity index (χ4n) is 2.93. The summed E-state index contributed by atoms with van der Waals surface area (Å²) in [5, 5.41) is 6.21. The molecule has 2 heterocycles. The molecular weight excluding hydrogens is 330 g/mol. The lowest BCUT2D eigenvalue weighted by atomic mass is 10.1. The largest absolute Gasteiger partial charge is 0.379 e. The molecule has 1 fully saturated rings. The van der Waals surface area contributed by atoms with E-state index in [4.69, 9.17) is 4.74 Å². The summed E-state index contributed by atoms with van der Waals surface area (Å²) in [4.78, 5) is 23.2. The molecule has 2 aromatic rings. The average molecular weight is 355 g/mol. The predicted octanol–water partition coefficient (Wildman–Crippen LogP) is 2.09. The minimum absolute atomic E-state index is 0.235. The average Bonchev–Trinajstić information content (AvgIpc) is 2.66. The highest BCUT2D eigenvalue weighted by Gasteiger charge is 2.13. The van der Waals surface area contributed by atoms with Gasteiger partial charge in [-0.1, -0.05) is 18.2 Å². The van der Waals surface area contributed by atoms with Gasteiger partial charge in [-0.3, -0.25) is 9.69 Å². The molecule has 3 rings (SSSR count). The first kappa shape index (κ1) is 18.3. The Bertz CT molecular complexity index is 739. The Hall–Kier alpha value is -2.51. The Balaban J connectivity index is 1.58. The van der Waals surface area contributed by atoms with E-state index in [1.807, 2.05) is 32.0 Å². The molecular formula is C19H25N5O2. The third-order valence-electron chi connectivity index (χ3n) is 4.46. The number of benzene rings is 1. The van der Waals surface area contributed by atoms with Crippen LogP contribution in [0.4, 0.5) is 11.5 Å². The van der Waals surface area contributed by atoms with Crippen LogP contribution in [0.3, 0.4) is 0 Å². The third kappa shape index (κ3) is 4.77. The summed E-state index contributed by atoms with van der Waals surface area (Å²) < 4.78 is 5.34. The van der Waals surface area contributed by atoms with Gasteiger partial charge in [0.05, 0.1) is 13.2 Å². The van der Waals surface area contributed by atoms with Gasteiger partial charge < -0.3 is 15.4 Å². The molecule has 0 bridgehead atoms. The molecule has 1 amide bonds. The van der Waals surface area contributed by atoms with Crippen LogP contribution < -0.4 is 10.6 Å². The summed E-state index contributed by atoms with van der Waals surface area (Å²) in [5.74, 6) is 0.418. The molecule has 1 aliphatic rings. The highest BCUT2D eigenvalue weighted by Crippen LogP contribution is 2.20. The van der Waals surface area contributed by atoms with Gasteiger partial charge in [-0.25, -0.2) is 9.97 Å². The van der Waals surface area contributed by atoms with Crippen molar-refractivity contribution in [3.8, 4) is 0 Å². The number of rotatable bonds is 6. The molecule has 1 aromatic carbocycles. The highest BCUT2D eigenvalue weighted by molar-refractivity contribution is 6.04. The minimum Gasteiger partial charge on any atom is -0.379 e. The maximum Gasteiger partial charge on any atom is 0.274 e. The summed E-state index contributed by atoms with van der Waals surface area (Å²) in [6.45, 7) is 9.10. The zero-order chi connectivity index (χ0) is 18.4. The van der Waals surface area contributed by atoms with Gasteiger partial charge >= 0.3 is 0 Å². The molecule has 138 valence electrons. The molecule has 2 N–H and O–H groups in total. The number of amides is 1. The second kappa shape index (κ2) is 8.73. The van der Waals surface area contributed by atoms with Crippen LogP contribution in [0.25, 0.3) is 0 Å². The van der Waals surface area contributed by atoms with E-state index in [2.05, 4.69) is 25.5 Å². The molecule has 0 saturated carbocycles. The number of nitrogens with zero attached hydrogens (tertiary/aromatic N) is 3. The fraction of sp³-hybridized carbons (Fsp3) is 0.421. The Morgan fingerprint density at radius 3 is 2.65 bits per heavy atom. The monoisotopic (exact) mass is 355 g/mol. The van der Waals surface area contributed by atoms with Crippen molar-refractivity contribution in [1.29, 1.82) is 0 Å². The van der Waals surface area contributed by atoms with Crippen molar-refractivity contribution in [2.75, 3.05) is 50.0 Å². The van der Waals surface area contributed by atoms with Crippen molar-refractivity contribution in [3.05, 3.63) is 47.4 Å². The number of carbonyl (C=O) groups excluding carboxylic acids is 1. The number of hydrogen-bond donors (Lipinski definition) is 2. The lowest BCUT2D eigenvalue weighted by Gasteiger charge is -2.26. The van der Waals surface area contributed by atoms with Crippen molar-refractivity contribution in [3.63, 3.8) is 0 Å². The molecule has 7 heteroatoms. The van der Waals surface area contributed by atoms with Crippen LogP contribution in [0.15, 0.2) is 30.6 Å². The molecule has 0 unspecified atom stereocenters. The SMILES string of the molecule is Cc1cccc(C)c1NC(=O)c1cc(NCCN2CCOCC2)ncn1. The highest BCUT2D eigenvalue weighted by atomic mass is 16.5. The lowest BCUT2D eigenvalue weighted by molar-refractivity contribution is 0.0398. The van der Waals surface area contributed by atoms with Gasteiger partial charge in [0.1, 0.15) is 17.8 Å². The standard InChI is InChI=1S/C19H25N5O2/c1-14-4-3-5-15(2)18(14)23-19(25)16-12-17(22-13-21-16)20-6-7-24-8-10-26-11-9-24/h3-5,12-13H,6-11H2,1-2H3,(H,23,25)(H,20,21,22). The van der Waals surface area contributed by atoms with Crippen LogP contribution in [-0.2, 0) is 4.74 Å². The number of nitrogens with one attached hydrogen (secondary N) is 2. The van der Waals surface area contributed by atoms with Crippen LogP contribution in [-0.4, -0.2) is 60.2 Å². The number of aryl methyl sites for hydroxylation is 2. The molecule has 1 aliphatic heterocycles. The van der Waals surface area contributed by atoms with Crippen LogP contribution in [0.2, 0.25) is 0 Å². The van der Waals surface area contributed by atoms with Crippen molar-refractivity contribution >= 4 is 17.4 Å². The van der Waals surface area contributed by atoms with E-state index in [-0.39, 0.29) is 5.91 Å². The van der Waals surface area contributed by atoms with E-state index < -0.39 is 0 Å². The fourth-order valence-corrected chi connectivity index (χ4v) is 2.93. The number of carbonyl (C=O) groups is 1. The first-order chi connectivity index (χ1) is 12.6. The van der Waals surface area contributed by atoms with Gasteiger partial charge in [-0.05, 0) is 25.0 Å². The van der Waals surface area contributed by atoms with E-state index in [9.17, 15) is 4.79 Å². The van der Waals surface area contributed by atoms with Crippen molar-refractivity contribution in [2.45, 2.75) is 13.8 Å². The van der Waals surface area contributed by atoms with Gasteiger partial charge in [0.2, 0.25) is 0 Å². The summed E-state index contributed by atoms with van der Waals surface area (Å²) in [6, 6.07) is 7.60. The summed E-state index contributed by atoms with van der Waals surface area (Å²) in [7, 11) is 0. The van der Waals surface area contributed by atoms with Gasteiger partial charge in [0.25, 0.3) is 5.91 Å². The normalized spacial score (nSPS) is 14.8. The van der Waals surface area contributed by atoms with E-state index in [0.717, 1.165) is 56.2 Å². The predicted molar refractivity (Wildman–Crippen MR) is 102 cm³/mol. The minimum atomic E-state index is -0.235. The first-order valence-electron chi connectivity index (χ1n) is 8.87. The second-order valence-electron chi connectivity index (χ2n) is 6.39. The second-order valence-corrected chi connectivity index (χ2v) is 6.39. The Labute approximate surface area is 153 Å².